The van der Waals surface area contributed by atoms with Gasteiger partial charge in [0.1, 0.15) is 11.9 Å². The highest BCUT2D eigenvalue weighted by Crippen LogP contribution is 2.28. The van der Waals surface area contributed by atoms with E-state index in [1.807, 2.05) is 24.3 Å². The predicted molar refractivity (Wildman–Crippen MR) is 117 cm³/mol. The second-order valence-corrected chi connectivity index (χ2v) is 8.85. The molecule has 0 saturated carbocycles. The molecule has 0 bridgehead atoms. The van der Waals surface area contributed by atoms with Crippen LogP contribution in [0.25, 0.3) is 0 Å². The first kappa shape index (κ1) is 21.3. The van der Waals surface area contributed by atoms with Crippen LogP contribution in [0.15, 0.2) is 77.7 Å². The average Bonchev–Trinajstić information content (AvgIpc) is 3.21. The minimum absolute atomic E-state index is 0.0622. The largest absolute Gasteiger partial charge is 0.488 e. The molecule has 0 aromatic heterocycles. The summed E-state index contributed by atoms with van der Waals surface area (Å²) in [7, 11) is -4.15. The fourth-order valence-electron chi connectivity index (χ4n) is 3.41. The second kappa shape index (κ2) is 8.67. The number of hydrogen-bond acceptors (Lipinski definition) is 6. The summed E-state index contributed by atoms with van der Waals surface area (Å²) in [6.45, 7) is 0.249. The summed E-state index contributed by atoms with van der Waals surface area (Å²) in [6.07, 6.45) is 0.447. The van der Waals surface area contributed by atoms with E-state index in [0.29, 0.717) is 6.42 Å². The van der Waals surface area contributed by atoms with E-state index in [9.17, 15) is 23.3 Å². The zero-order chi connectivity index (χ0) is 22.7. The van der Waals surface area contributed by atoms with Crippen LogP contribution in [0, 0.1) is 10.1 Å². The fourth-order valence-corrected chi connectivity index (χ4v) is 4.53. The molecule has 2 N–H and O–H groups in total. The molecule has 1 heterocycles. The smallest absolute Gasteiger partial charge is 0.270 e. The first-order valence-corrected chi connectivity index (χ1v) is 11.2. The summed E-state index contributed by atoms with van der Waals surface area (Å²) < 4.78 is 33.7. The van der Waals surface area contributed by atoms with Gasteiger partial charge < -0.3 is 10.1 Å². The number of nitrogens with one attached hydrogen (secondary N) is 2. The number of fused-ring (bicyclic) bond motifs is 1. The van der Waals surface area contributed by atoms with Crippen LogP contribution in [-0.4, -0.2) is 31.9 Å². The van der Waals surface area contributed by atoms with Crippen LogP contribution < -0.4 is 14.8 Å². The lowest BCUT2D eigenvalue weighted by atomic mass is 10.1. The number of nitrogens with zero attached hydrogens (tertiary/aromatic N) is 1. The number of carbonyl (C=O) groups excluding carboxylic acids is 1. The van der Waals surface area contributed by atoms with Gasteiger partial charge in [0.25, 0.3) is 21.6 Å². The van der Waals surface area contributed by atoms with Gasteiger partial charge in [-0.25, -0.2) is 8.42 Å². The van der Waals surface area contributed by atoms with E-state index < -0.39 is 20.9 Å². The van der Waals surface area contributed by atoms with E-state index in [1.165, 1.54) is 30.3 Å². The van der Waals surface area contributed by atoms with Crippen LogP contribution in [-0.2, 0) is 16.4 Å². The van der Waals surface area contributed by atoms with Crippen LogP contribution in [0.1, 0.15) is 15.9 Å². The highest BCUT2D eigenvalue weighted by molar-refractivity contribution is 7.92. The molecule has 1 amide bonds. The van der Waals surface area contributed by atoms with Gasteiger partial charge in [-0.05, 0) is 29.8 Å². The number of amides is 1. The summed E-state index contributed by atoms with van der Waals surface area (Å²) in [5.74, 6) is 0.318. The molecule has 32 heavy (non-hydrogen) atoms. The standard InChI is InChI=1S/C22H19N3O6S/c26-22(23-14-17-12-15-6-1-4-11-21(15)31-17)19-9-2-3-10-20(19)24-32(29,30)18-8-5-7-16(13-18)25(27)28/h1-11,13,17,24H,12,14H2,(H,23,26). The summed E-state index contributed by atoms with van der Waals surface area (Å²) in [5, 5.41) is 13.7. The Labute approximate surface area is 184 Å². The number of sulfonamides is 1. The third kappa shape index (κ3) is 4.54. The number of ether oxygens (including phenoxy) is 1. The molecule has 4 rings (SSSR count). The summed E-state index contributed by atoms with van der Waals surface area (Å²) >= 11 is 0. The van der Waals surface area contributed by atoms with Crippen molar-refractivity contribution in [3.63, 3.8) is 0 Å². The van der Waals surface area contributed by atoms with Gasteiger partial charge in [0.15, 0.2) is 0 Å². The van der Waals surface area contributed by atoms with Crippen molar-refractivity contribution in [3.8, 4) is 5.75 Å². The molecule has 1 unspecified atom stereocenters. The molecule has 1 aliphatic heterocycles. The Morgan fingerprint density at radius 2 is 1.81 bits per heavy atom. The normalized spacial score (nSPS) is 14.8. The van der Waals surface area contributed by atoms with Gasteiger partial charge in [0.05, 0.1) is 27.6 Å². The third-order valence-electron chi connectivity index (χ3n) is 4.96. The zero-order valence-electron chi connectivity index (χ0n) is 16.7. The maximum Gasteiger partial charge on any atom is 0.270 e. The Kier molecular flexibility index (Phi) is 5.78. The van der Waals surface area contributed by atoms with Gasteiger partial charge in [-0.1, -0.05) is 36.4 Å². The topological polar surface area (TPSA) is 128 Å². The van der Waals surface area contributed by atoms with Crippen molar-refractivity contribution in [3.05, 3.63) is 94.0 Å². The van der Waals surface area contributed by atoms with Gasteiger partial charge in [-0.3, -0.25) is 19.6 Å². The van der Waals surface area contributed by atoms with Crippen LogP contribution in [0.5, 0.6) is 5.75 Å². The summed E-state index contributed by atoms with van der Waals surface area (Å²) in [6, 6.07) is 18.5. The minimum atomic E-state index is -4.15. The first-order chi connectivity index (χ1) is 15.3. The van der Waals surface area contributed by atoms with Gasteiger partial charge in [-0.2, -0.15) is 0 Å². The van der Waals surface area contributed by atoms with E-state index in [4.69, 9.17) is 4.74 Å². The molecule has 9 nitrogen and oxygen atoms in total. The van der Waals surface area contributed by atoms with E-state index in [1.54, 1.807) is 12.1 Å². The van der Waals surface area contributed by atoms with Gasteiger partial charge in [-0.15, -0.1) is 0 Å². The lowest BCUT2D eigenvalue weighted by Crippen LogP contribution is -2.34. The van der Waals surface area contributed by atoms with Crippen molar-refractivity contribution >= 4 is 27.3 Å². The Bertz CT molecular complexity index is 1270. The number of hydrogen-bond donors (Lipinski definition) is 2. The highest BCUT2D eigenvalue weighted by atomic mass is 32.2. The SMILES string of the molecule is O=C(NCC1Cc2ccccc2O1)c1ccccc1NS(=O)(=O)c1cccc([N+](=O)[O-])c1. The van der Waals surface area contributed by atoms with Crippen molar-refractivity contribution < 1.29 is 22.9 Å². The molecule has 0 spiro atoms. The number of nitro groups is 1. The van der Waals surface area contributed by atoms with Crippen molar-refractivity contribution in [1.29, 1.82) is 0 Å². The predicted octanol–water partition coefficient (Wildman–Crippen LogP) is 3.13. The van der Waals surface area contributed by atoms with Crippen LogP contribution in [0.4, 0.5) is 11.4 Å². The summed E-state index contributed by atoms with van der Waals surface area (Å²) in [5.41, 5.74) is 0.900. The molecule has 0 aliphatic carbocycles. The van der Waals surface area contributed by atoms with Gasteiger partial charge >= 0.3 is 0 Å². The third-order valence-corrected chi connectivity index (χ3v) is 6.32. The molecule has 0 radical (unpaired) electrons. The molecule has 1 aliphatic rings. The number of rotatable bonds is 7. The quantitative estimate of drug-likeness (QED) is 0.418. The molecule has 3 aromatic carbocycles. The van der Waals surface area contributed by atoms with Crippen LogP contribution >= 0.6 is 0 Å². The molecule has 3 aromatic rings. The summed E-state index contributed by atoms with van der Waals surface area (Å²) in [4.78, 5) is 22.8. The Balaban J connectivity index is 1.47. The molecule has 164 valence electrons. The van der Waals surface area contributed by atoms with Crippen molar-refractivity contribution in [2.45, 2.75) is 17.4 Å². The van der Waals surface area contributed by atoms with Crippen molar-refractivity contribution in [2.24, 2.45) is 0 Å². The average molecular weight is 453 g/mol. The Hall–Kier alpha value is -3.92. The fraction of sp³-hybridized carbons (Fsp3) is 0.136. The van der Waals surface area contributed by atoms with Crippen molar-refractivity contribution in [2.75, 3.05) is 11.3 Å². The number of nitro benzene ring substituents is 1. The monoisotopic (exact) mass is 453 g/mol. The number of anilines is 1. The lowest BCUT2D eigenvalue weighted by Gasteiger charge is -2.15. The maximum absolute atomic E-state index is 12.8. The van der Waals surface area contributed by atoms with E-state index >= 15 is 0 Å². The zero-order valence-corrected chi connectivity index (χ0v) is 17.5. The number of benzene rings is 3. The molecule has 0 saturated heterocycles. The highest BCUT2D eigenvalue weighted by Gasteiger charge is 2.24. The molecular formula is C22H19N3O6S. The van der Waals surface area contributed by atoms with Crippen LogP contribution in [0.2, 0.25) is 0 Å². The van der Waals surface area contributed by atoms with Gasteiger partial charge in [0.2, 0.25) is 0 Å². The van der Waals surface area contributed by atoms with Crippen molar-refractivity contribution in [1.82, 2.24) is 5.32 Å². The maximum atomic E-state index is 12.8. The lowest BCUT2D eigenvalue weighted by molar-refractivity contribution is -0.385. The Morgan fingerprint density at radius 3 is 2.59 bits per heavy atom. The number of carbonyl (C=O) groups is 1. The van der Waals surface area contributed by atoms with E-state index in [-0.39, 0.29) is 34.5 Å². The number of non-ortho nitro benzene ring substituents is 1. The van der Waals surface area contributed by atoms with E-state index in [2.05, 4.69) is 10.0 Å². The number of para-hydroxylation sites is 2. The van der Waals surface area contributed by atoms with E-state index in [0.717, 1.165) is 17.4 Å². The first-order valence-electron chi connectivity index (χ1n) is 9.72. The second-order valence-electron chi connectivity index (χ2n) is 7.17. The molecular weight excluding hydrogens is 434 g/mol. The Morgan fingerprint density at radius 1 is 1.06 bits per heavy atom. The van der Waals surface area contributed by atoms with Crippen LogP contribution in [0.3, 0.4) is 0 Å². The molecule has 10 heteroatoms. The van der Waals surface area contributed by atoms with Gasteiger partial charge in [0, 0.05) is 18.6 Å². The minimum Gasteiger partial charge on any atom is -0.488 e. The molecule has 1 atom stereocenters. The molecule has 0 fully saturated rings.